The Morgan fingerprint density at radius 3 is 2.47 bits per heavy atom. The predicted molar refractivity (Wildman–Crippen MR) is 109 cm³/mol. The Morgan fingerprint density at radius 1 is 1.00 bits per heavy atom. The molecule has 0 N–H and O–H groups in total. The zero-order chi connectivity index (χ0) is 20.9. The highest BCUT2D eigenvalue weighted by Gasteiger charge is 2.30. The van der Waals surface area contributed by atoms with Gasteiger partial charge in [0.05, 0.1) is 12.8 Å². The molecule has 0 aromatic heterocycles. The predicted octanol–water partition coefficient (Wildman–Crippen LogP) is 1.73. The van der Waals surface area contributed by atoms with Crippen molar-refractivity contribution >= 4 is 17.6 Å². The molecule has 0 radical (unpaired) electrons. The van der Waals surface area contributed by atoms with Crippen LogP contribution in [0.5, 0.6) is 17.2 Å². The van der Waals surface area contributed by atoms with Gasteiger partial charge in [0.25, 0.3) is 5.91 Å². The van der Waals surface area contributed by atoms with Crippen molar-refractivity contribution in [3.8, 4) is 17.2 Å². The lowest BCUT2D eigenvalue weighted by molar-refractivity contribution is -0.160. The van der Waals surface area contributed by atoms with Crippen molar-refractivity contribution in [2.75, 3.05) is 51.4 Å². The van der Waals surface area contributed by atoms with Gasteiger partial charge >= 0.3 is 5.97 Å². The zero-order valence-corrected chi connectivity index (χ0v) is 16.8. The molecule has 0 aliphatic carbocycles. The number of fused-ring (bicyclic) bond motifs is 1. The van der Waals surface area contributed by atoms with E-state index in [0.29, 0.717) is 37.7 Å². The molecule has 0 saturated carbocycles. The first-order valence-electron chi connectivity index (χ1n) is 9.86. The number of anilines is 1. The van der Waals surface area contributed by atoms with Crippen LogP contribution in [-0.4, -0.2) is 69.4 Å². The molecule has 0 spiro atoms. The number of esters is 1. The molecule has 1 fully saturated rings. The fourth-order valence-corrected chi connectivity index (χ4v) is 3.54. The van der Waals surface area contributed by atoms with Crippen LogP contribution in [0.1, 0.15) is 0 Å². The number of piperazine rings is 1. The lowest BCUT2D eigenvalue weighted by Crippen LogP contribution is -2.50. The first-order chi connectivity index (χ1) is 14.7. The van der Waals surface area contributed by atoms with E-state index in [2.05, 4.69) is 4.90 Å². The molecule has 2 aliphatic rings. The summed E-state index contributed by atoms with van der Waals surface area (Å²) in [6.45, 7) is 2.19. The number of hydrogen-bond acceptors (Lipinski definition) is 7. The van der Waals surface area contributed by atoms with Crippen molar-refractivity contribution in [2.24, 2.45) is 0 Å². The molecule has 8 nitrogen and oxygen atoms in total. The van der Waals surface area contributed by atoms with Gasteiger partial charge in [-0.2, -0.15) is 0 Å². The summed E-state index contributed by atoms with van der Waals surface area (Å²) in [5.41, 5.74) is 1.01. The summed E-state index contributed by atoms with van der Waals surface area (Å²) in [5, 5.41) is 0. The van der Waals surface area contributed by atoms with Gasteiger partial charge in [0.2, 0.25) is 6.10 Å². The SMILES string of the molecule is COc1ccccc1N1CCN(C(=O)COC(=O)[C@@H]2COc3ccccc3O2)CC1. The number of para-hydroxylation sites is 4. The second-order valence-corrected chi connectivity index (χ2v) is 7.01. The number of carbonyl (C=O) groups is 2. The third-order valence-electron chi connectivity index (χ3n) is 5.17. The van der Waals surface area contributed by atoms with E-state index in [-0.39, 0.29) is 19.1 Å². The van der Waals surface area contributed by atoms with Gasteiger partial charge in [-0.15, -0.1) is 0 Å². The molecule has 2 aliphatic heterocycles. The molecule has 1 amide bonds. The topological polar surface area (TPSA) is 77.5 Å². The van der Waals surface area contributed by atoms with Crippen LogP contribution < -0.4 is 19.1 Å². The standard InChI is InChI=1S/C22H24N2O6/c1-27-17-7-3-2-6-16(17)23-10-12-24(13-11-23)21(25)15-29-22(26)20-14-28-18-8-4-5-9-19(18)30-20/h2-9,20H,10-15H2,1H3/t20-/m0/s1. The van der Waals surface area contributed by atoms with Crippen molar-refractivity contribution in [3.63, 3.8) is 0 Å². The Bertz CT molecular complexity index is 910. The lowest BCUT2D eigenvalue weighted by atomic mass is 10.2. The normalized spacial score (nSPS) is 18.0. The van der Waals surface area contributed by atoms with E-state index >= 15 is 0 Å². The van der Waals surface area contributed by atoms with Gasteiger partial charge in [0, 0.05) is 26.2 Å². The first-order valence-corrected chi connectivity index (χ1v) is 9.86. The summed E-state index contributed by atoms with van der Waals surface area (Å²) in [6, 6.07) is 14.9. The van der Waals surface area contributed by atoms with Gasteiger partial charge in [-0.1, -0.05) is 24.3 Å². The van der Waals surface area contributed by atoms with Crippen LogP contribution in [0.2, 0.25) is 0 Å². The van der Waals surface area contributed by atoms with Crippen LogP contribution in [0.4, 0.5) is 5.69 Å². The highest BCUT2D eigenvalue weighted by atomic mass is 16.6. The monoisotopic (exact) mass is 412 g/mol. The minimum absolute atomic E-state index is 0.0572. The molecule has 0 unspecified atom stereocenters. The van der Waals surface area contributed by atoms with Crippen molar-refractivity contribution in [2.45, 2.75) is 6.10 Å². The van der Waals surface area contributed by atoms with Crippen molar-refractivity contribution < 1.29 is 28.5 Å². The molecule has 4 rings (SSSR count). The maximum absolute atomic E-state index is 12.5. The minimum atomic E-state index is -0.880. The fourth-order valence-electron chi connectivity index (χ4n) is 3.54. The van der Waals surface area contributed by atoms with Crippen LogP contribution in [0.15, 0.2) is 48.5 Å². The number of amides is 1. The highest BCUT2D eigenvalue weighted by Crippen LogP contribution is 2.31. The van der Waals surface area contributed by atoms with Gasteiger partial charge in [0.15, 0.2) is 18.1 Å². The smallest absolute Gasteiger partial charge is 0.351 e. The average molecular weight is 412 g/mol. The number of methoxy groups -OCH3 is 1. The van der Waals surface area contributed by atoms with Crippen LogP contribution in [-0.2, 0) is 14.3 Å². The number of carbonyl (C=O) groups excluding carboxylic acids is 2. The number of rotatable bonds is 5. The third kappa shape index (κ3) is 4.27. The maximum atomic E-state index is 12.5. The molecule has 2 aromatic carbocycles. The van der Waals surface area contributed by atoms with Gasteiger partial charge < -0.3 is 28.7 Å². The molecule has 1 saturated heterocycles. The van der Waals surface area contributed by atoms with E-state index in [0.717, 1.165) is 11.4 Å². The van der Waals surface area contributed by atoms with Crippen LogP contribution >= 0.6 is 0 Å². The average Bonchev–Trinajstić information content (AvgIpc) is 2.82. The first kappa shape index (κ1) is 19.9. The van der Waals surface area contributed by atoms with Gasteiger partial charge in [0.1, 0.15) is 12.4 Å². The number of benzene rings is 2. The summed E-state index contributed by atoms with van der Waals surface area (Å²) < 4.78 is 21.7. The molecule has 30 heavy (non-hydrogen) atoms. The third-order valence-corrected chi connectivity index (χ3v) is 5.17. The van der Waals surface area contributed by atoms with E-state index < -0.39 is 12.1 Å². The van der Waals surface area contributed by atoms with Gasteiger partial charge in [-0.3, -0.25) is 4.79 Å². The maximum Gasteiger partial charge on any atom is 0.351 e. The van der Waals surface area contributed by atoms with Crippen molar-refractivity contribution in [3.05, 3.63) is 48.5 Å². The molecule has 8 heteroatoms. The van der Waals surface area contributed by atoms with Crippen LogP contribution in [0.3, 0.4) is 0 Å². The molecule has 2 heterocycles. The highest BCUT2D eigenvalue weighted by molar-refractivity contribution is 5.82. The second-order valence-electron chi connectivity index (χ2n) is 7.01. The summed E-state index contributed by atoms with van der Waals surface area (Å²) in [5.74, 6) is 1.06. The number of hydrogen-bond donors (Lipinski definition) is 0. The summed E-state index contributed by atoms with van der Waals surface area (Å²) in [4.78, 5) is 28.6. The Kier molecular flexibility index (Phi) is 5.92. The summed E-state index contributed by atoms with van der Waals surface area (Å²) in [7, 11) is 1.65. The Morgan fingerprint density at radius 2 is 1.70 bits per heavy atom. The Labute approximate surface area is 174 Å². The second kappa shape index (κ2) is 8.94. The lowest BCUT2D eigenvalue weighted by Gasteiger charge is -2.36. The van der Waals surface area contributed by atoms with E-state index in [1.54, 1.807) is 30.2 Å². The Balaban J connectivity index is 1.25. The molecular formula is C22H24N2O6. The van der Waals surface area contributed by atoms with Gasteiger partial charge in [-0.05, 0) is 24.3 Å². The summed E-state index contributed by atoms with van der Waals surface area (Å²) >= 11 is 0. The molecule has 0 bridgehead atoms. The minimum Gasteiger partial charge on any atom is -0.495 e. The quantitative estimate of drug-likeness (QED) is 0.692. The molecule has 158 valence electrons. The van der Waals surface area contributed by atoms with Crippen molar-refractivity contribution in [1.82, 2.24) is 4.90 Å². The van der Waals surface area contributed by atoms with E-state index in [4.69, 9.17) is 18.9 Å². The van der Waals surface area contributed by atoms with Crippen LogP contribution in [0, 0.1) is 0 Å². The van der Waals surface area contributed by atoms with Crippen molar-refractivity contribution in [1.29, 1.82) is 0 Å². The van der Waals surface area contributed by atoms with E-state index in [9.17, 15) is 9.59 Å². The number of nitrogens with zero attached hydrogens (tertiary/aromatic N) is 2. The summed E-state index contributed by atoms with van der Waals surface area (Å²) in [6.07, 6.45) is -0.880. The fraction of sp³-hybridized carbons (Fsp3) is 0.364. The van der Waals surface area contributed by atoms with Gasteiger partial charge in [-0.25, -0.2) is 4.79 Å². The molecule has 2 aromatic rings. The number of ether oxygens (including phenoxy) is 4. The van der Waals surface area contributed by atoms with E-state index in [1.165, 1.54) is 0 Å². The van der Waals surface area contributed by atoms with E-state index in [1.807, 2.05) is 30.3 Å². The van der Waals surface area contributed by atoms with Crippen LogP contribution in [0.25, 0.3) is 0 Å². The largest absolute Gasteiger partial charge is 0.495 e. The Hall–Kier alpha value is -3.42. The molecular weight excluding hydrogens is 388 g/mol. The zero-order valence-electron chi connectivity index (χ0n) is 16.8. The molecule has 1 atom stereocenters.